The largest absolute Gasteiger partial charge is 0.496 e. The van der Waals surface area contributed by atoms with E-state index in [0.29, 0.717) is 29.9 Å². The van der Waals surface area contributed by atoms with Crippen LogP contribution in [0.2, 0.25) is 0 Å². The third-order valence-electron chi connectivity index (χ3n) is 5.24. The molecular formula is C22H26BrNO4. The molecule has 1 atom stereocenters. The van der Waals surface area contributed by atoms with Crippen molar-refractivity contribution in [2.24, 2.45) is 0 Å². The Morgan fingerprint density at radius 1 is 1.32 bits per heavy atom. The molecule has 6 heteroatoms. The number of ketones is 1. The number of esters is 1. The highest BCUT2D eigenvalue weighted by Crippen LogP contribution is 2.43. The smallest absolute Gasteiger partial charge is 0.336 e. The molecule has 0 radical (unpaired) electrons. The molecule has 0 bridgehead atoms. The predicted molar refractivity (Wildman–Crippen MR) is 111 cm³/mol. The van der Waals surface area contributed by atoms with Crippen molar-refractivity contribution >= 4 is 27.7 Å². The van der Waals surface area contributed by atoms with Crippen LogP contribution in [0.15, 0.2) is 45.2 Å². The lowest BCUT2D eigenvalue weighted by atomic mass is 9.75. The van der Waals surface area contributed by atoms with Gasteiger partial charge in [-0.3, -0.25) is 4.79 Å². The van der Waals surface area contributed by atoms with Crippen molar-refractivity contribution in [3.05, 3.63) is 50.8 Å². The molecule has 1 heterocycles. The Labute approximate surface area is 174 Å². The number of methoxy groups -OCH3 is 1. The first kappa shape index (κ1) is 20.6. The fourth-order valence-electron chi connectivity index (χ4n) is 3.84. The molecule has 1 aromatic carbocycles. The number of Topliss-reactive ketones (excluding diaryl/α,β-unsaturated/α-hetero) is 1. The van der Waals surface area contributed by atoms with Crippen LogP contribution in [-0.4, -0.2) is 25.5 Å². The first-order valence-electron chi connectivity index (χ1n) is 9.72. The summed E-state index contributed by atoms with van der Waals surface area (Å²) in [6, 6.07) is 5.69. The van der Waals surface area contributed by atoms with Crippen LogP contribution in [0.25, 0.3) is 0 Å². The van der Waals surface area contributed by atoms with Gasteiger partial charge in [-0.25, -0.2) is 4.79 Å². The van der Waals surface area contributed by atoms with Gasteiger partial charge >= 0.3 is 5.97 Å². The SMILES string of the molecule is CCCCOC(=O)C1=C(C)NC2=C(C(=O)CCC2)[C@H]1c1ccc(OC)c(Br)c1. The summed E-state index contributed by atoms with van der Waals surface area (Å²) >= 11 is 3.53. The Bertz CT molecular complexity index is 856. The maximum Gasteiger partial charge on any atom is 0.336 e. The minimum atomic E-state index is -0.430. The van der Waals surface area contributed by atoms with Gasteiger partial charge in [0.05, 0.1) is 23.8 Å². The Morgan fingerprint density at radius 3 is 2.79 bits per heavy atom. The fourth-order valence-corrected chi connectivity index (χ4v) is 4.39. The van der Waals surface area contributed by atoms with E-state index in [9.17, 15) is 9.59 Å². The topological polar surface area (TPSA) is 64.6 Å². The molecule has 28 heavy (non-hydrogen) atoms. The van der Waals surface area contributed by atoms with E-state index in [4.69, 9.17) is 9.47 Å². The number of dihydropyridines is 1. The van der Waals surface area contributed by atoms with Crippen LogP contribution in [0.3, 0.4) is 0 Å². The van der Waals surface area contributed by atoms with Gasteiger partial charge in [0, 0.05) is 29.3 Å². The van der Waals surface area contributed by atoms with Crippen LogP contribution in [0.5, 0.6) is 5.75 Å². The van der Waals surface area contributed by atoms with Crippen molar-refractivity contribution in [3.8, 4) is 5.75 Å². The number of carbonyl (C=O) groups excluding carboxylic acids is 2. The van der Waals surface area contributed by atoms with E-state index in [1.54, 1.807) is 7.11 Å². The van der Waals surface area contributed by atoms with E-state index in [0.717, 1.165) is 47.1 Å². The Morgan fingerprint density at radius 2 is 2.11 bits per heavy atom. The van der Waals surface area contributed by atoms with Crippen LogP contribution >= 0.6 is 15.9 Å². The molecular weight excluding hydrogens is 422 g/mol. The third-order valence-corrected chi connectivity index (χ3v) is 5.86. The van der Waals surface area contributed by atoms with Gasteiger partial charge in [-0.05, 0) is 59.8 Å². The Balaban J connectivity index is 2.07. The van der Waals surface area contributed by atoms with Crippen LogP contribution in [0, 0.1) is 0 Å². The second kappa shape index (κ2) is 8.95. The van der Waals surface area contributed by atoms with Crippen LogP contribution in [0.1, 0.15) is 57.4 Å². The predicted octanol–water partition coefficient (Wildman–Crippen LogP) is 4.77. The molecule has 1 aliphatic carbocycles. The summed E-state index contributed by atoms with van der Waals surface area (Å²) in [5.41, 5.74) is 3.76. The van der Waals surface area contributed by atoms with Gasteiger partial charge in [0.1, 0.15) is 5.75 Å². The highest BCUT2D eigenvalue weighted by Gasteiger charge is 2.39. The third kappa shape index (κ3) is 4.02. The number of ether oxygens (including phenoxy) is 2. The molecule has 1 aromatic rings. The highest BCUT2D eigenvalue weighted by atomic mass is 79.9. The zero-order chi connectivity index (χ0) is 20.3. The average Bonchev–Trinajstić information content (AvgIpc) is 2.67. The molecule has 150 valence electrons. The lowest BCUT2D eigenvalue weighted by Gasteiger charge is -2.34. The molecule has 0 aromatic heterocycles. The zero-order valence-corrected chi connectivity index (χ0v) is 18.1. The van der Waals surface area contributed by atoms with Crippen molar-refractivity contribution < 1.29 is 19.1 Å². The number of nitrogens with one attached hydrogen (secondary N) is 1. The molecule has 0 saturated heterocycles. The maximum atomic E-state index is 13.0. The fraction of sp³-hybridized carbons (Fsp3) is 0.455. The van der Waals surface area contributed by atoms with Gasteiger partial charge in [-0.1, -0.05) is 19.4 Å². The van der Waals surface area contributed by atoms with Crippen molar-refractivity contribution in [2.75, 3.05) is 13.7 Å². The number of halogens is 1. The average molecular weight is 448 g/mol. The van der Waals surface area contributed by atoms with Gasteiger partial charge in [0.2, 0.25) is 0 Å². The van der Waals surface area contributed by atoms with E-state index < -0.39 is 5.92 Å². The second-order valence-electron chi connectivity index (χ2n) is 7.15. The summed E-state index contributed by atoms with van der Waals surface area (Å²) in [4.78, 5) is 25.8. The number of allylic oxidation sites excluding steroid dienone is 3. The van der Waals surface area contributed by atoms with Gasteiger partial charge in [0.25, 0.3) is 0 Å². The van der Waals surface area contributed by atoms with Crippen molar-refractivity contribution in [1.82, 2.24) is 5.32 Å². The van der Waals surface area contributed by atoms with E-state index in [1.807, 2.05) is 25.1 Å². The minimum Gasteiger partial charge on any atom is -0.496 e. The van der Waals surface area contributed by atoms with E-state index in [-0.39, 0.29) is 11.8 Å². The van der Waals surface area contributed by atoms with Crippen LogP contribution in [0.4, 0.5) is 0 Å². The number of unbranched alkanes of at least 4 members (excludes halogenated alkanes) is 1. The maximum absolute atomic E-state index is 13.0. The first-order valence-corrected chi connectivity index (χ1v) is 10.5. The summed E-state index contributed by atoms with van der Waals surface area (Å²) in [7, 11) is 1.61. The van der Waals surface area contributed by atoms with Crippen molar-refractivity contribution in [3.63, 3.8) is 0 Å². The molecule has 0 fully saturated rings. The number of carbonyl (C=O) groups is 2. The summed E-state index contributed by atoms with van der Waals surface area (Å²) in [6.07, 6.45) is 3.91. The van der Waals surface area contributed by atoms with Crippen LogP contribution < -0.4 is 10.1 Å². The normalized spacial score (nSPS) is 19.3. The molecule has 2 aliphatic rings. The molecule has 1 aliphatic heterocycles. The molecule has 0 spiro atoms. The highest BCUT2D eigenvalue weighted by molar-refractivity contribution is 9.10. The Hall–Kier alpha value is -2.08. The monoisotopic (exact) mass is 447 g/mol. The second-order valence-corrected chi connectivity index (χ2v) is 8.00. The quantitative estimate of drug-likeness (QED) is 0.502. The van der Waals surface area contributed by atoms with Gasteiger partial charge in [0.15, 0.2) is 5.78 Å². The van der Waals surface area contributed by atoms with Gasteiger partial charge in [-0.2, -0.15) is 0 Å². The van der Waals surface area contributed by atoms with Gasteiger partial charge < -0.3 is 14.8 Å². The number of hydrogen-bond acceptors (Lipinski definition) is 5. The van der Waals surface area contributed by atoms with E-state index in [1.165, 1.54) is 0 Å². The zero-order valence-electron chi connectivity index (χ0n) is 16.6. The number of hydrogen-bond donors (Lipinski definition) is 1. The van der Waals surface area contributed by atoms with Crippen molar-refractivity contribution in [1.29, 1.82) is 0 Å². The lowest BCUT2D eigenvalue weighted by Crippen LogP contribution is -2.34. The molecule has 5 nitrogen and oxygen atoms in total. The molecule has 1 N–H and O–H groups in total. The van der Waals surface area contributed by atoms with E-state index >= 15 is 0 Å². The summed E-state index contributed by atoms with van der Waals surface area (Å²) < 4.78 is 11.6. The Kier molecular flexibility index (Phi) is 6.60. The summed E-state index contributed by atoms with van der Waals surface area (Å²) in [5, 5.41) is 3.31. The molecule has 0 unspecified atom stereocenters. The molecule has 0 amide bonds. The van der Waals surface area contributed by atoms with Gasteiger partial charge in [-0.15, -0.1) is 0 Å². The number of rotatable bonds is 6. The lowest BCUT2D eigenvalue weighted by molar-refractivity contribution is -0.139. The van der Waals surface area contributed by atoms with Crippen molar-refractivity contribution in [2.45, 2.75) is 51.9 Å². The van der Waals surface area contributed by atoms with E-state index in [2.05, 4.69) is 28.2 Å². The molecule has 0 saturated carbocycles. The standard InChI is InChI=1S/C22H26BrNO4/c1-4-5-11-28-22(26)19-13(2)24-16-7-6-8-17(25)21(16)20(19)14-9-10-18(27-3)15(23)12-14/h9-10,12,20,24H,4-8,11H2,1-3H3/t20-/m0/s1. The summed E-state index contributed by atoms with van der Waals surface area (Å²) in [5.74, 6) is 0.00683. The minimum absolute atomic E-state index is 0.0945. The summed E-state index contributed by atoms with van der Waals surface area (Å²) in [6.45, 7) is 4.31. The first-order chi connectivity index (χ1) is 13.5. The molecule has 3 rings (SSSR count). The number of benzene rings is 1. The van der Waals surface area contributed by atoms with Crippen LogP contribution in [-0.2, 0) is 14.3 Å².